The number of nitrogens with one attached hydrogen (secondary N) is 1. The third-order valence-electron chi connectivity index (χ3n) is 5.15. The van der Waals surface area contributed by atoms with Crippen LogP contribution in [0.4, 0.5) is 11.4 Å². The van der Waals surface area contributed by atoms with Gasteiger partial charge in [0.2, 0.25) is 5.91 Å². The molecule has 0 radical (unpaired) electrons. The molecular formula is C22H24ClN5O3S. The number of thioether (sulfide) groups is 1. The number of anilines is 2. The van der Waals surface area contributed by atoms with E-state index in [0.717, 1.165) is 31.9 Å². The van der Waals surface area contributed by atoms with Crippen LogP contribution < -0.4 is 15.0 Å². The van der Waals surface area contributed by atoms with Crippen LogP contribution in [0.2, 0.25) is 5.02 Å². The number of para-hydroxylation sites is 2. The van der Waals surface area contributed by atoms with Crippen molar-refractivity contribution in [3.05, 3.63) is 47.5 Å². The van der Waals surface area contributed by atoms with Crippen LogP contribution in [0.5, 0.6) is 5.75 Å². The number of hydrogen-bond acceptors (Lipinski definition) is 8. The molecule has 0 spiro atoms. The monoisotopic (exact) mass is 473 g/mol. The number of hydrogen-bond donors (Lipinski definition) is 1. The molecule has 0 saturated carbocycles. The molecule has 1 N–H and O–H groups in total. The first-order chi connectivity index (χ1) is 15.5. The molecule has 10 heteroatoms. The maximum Gasteiger partial charge on any atom is 0.277 e. The summed E-state index contributed by atoms with van der Waals surface area (Å²) in [5.74, 6) is 0.937. The summed E-state index contributed by atoms with van der Waals surface area (Å²) >= 11 is 7.66. The Morgan fingerprint density at radius 1 is 1.16 bits per heavy atom. The zero-order valence-corrected chi connectivity index (χ0v) is 19.4. The topological polar surface area (TPSA) is 83.7 Å². The van der Waals surface area contributed by atoms with Gasteiger partial charge in [0.25, 0.3) is 11.1 Å². The molecule has 1 fully saturated rings. The van der Waals surface area contributed by atoms with Gasteiger partial charge in [-0.25, -0.2) is 0 Å². The summed E-state index contributed by atoms with van der Waals surface area (Å²) in [6, 6.07) is 12.9. The SMILES string of the molecule is COc1ccccc1-c1nnc(SCC(=O)Nc2cccc(Cl)c2N2CCN(C)CC2)o1. The number of amides is 1. The van der Waals surface area contributed by atoms with Crippen LogP contribution in [0.15, 0.2) is 52.1 Å². The molecule has 1 aliphatic rings. The highest BCUT2D eigenvalue weighted by atomic mass is 35.5. The van der Waals surface area contributed by atoms with Gasteiger partial charge in [-0.1, -0.05) is 41.6 Å². The van der Waals surface area contributed by atoms with Crippen LogP contribution in [0.1, 0.15) is 0 Å². The second kappa shape index (κ2) is 10.2. The molecule has 168 valence electrons. The van der Waals surface area contributed by atoms with Crippen molar-refractivity contribution in [1.82, 2.24) is 15.1 Å². The van der Waals surface area contributed by atoms with Crippen molar-refractivity contribution in [1.29, 1.82) is 0 Å². The van der Waals surface area contributed by atoms with E-state index in [1.165, 1.54) is 11.8 Å². The number of piperazine rings is 1. The van der Waals surface area contributed by atoms with Gasteiger partial charge in [0.1, 0.15) is 5.75 Å². The Hall–Kier alpha value is -2.75. The molecule has 32 heavy (non-hydrogen) atoms. The predicted octanol–water partition coefficient (Wildman–Crippen LogP) is 3.88. The molecule has 0 aliphatic carbocycles. The number of nitrogens with zero attached hydrogens (tertiary/aromatic N) is 4. The molecule has 3 aromatic rings. The molecule has 0 unspecified atom stereocenters. The van der Waals surface area contributed by atoms with E-state index in [0.29, 0.717) is 33.1 Å². The van der Waals surface area contributed by atoms with Gasteiger partial charge >= 0.3 is 0 Å². The number of rotatable bonds is 7. The molecule has 1 saturated heterocycles. The number of aromatic nitrogens is 2. The normalized spacial score (nSPS) is 14.4. The van der Waals surface area contributed by atoms with Crippen molar-refractivity contribution < 1.29 is 13.9 Å². The maximum atomic E-state index is 12.6. The number of carbonyl (C=O) groups excluding carboxylic acids is 1. The molecule has 2 heterocycles. The van der Waals surface area contributed by atoms with Crippen molar-refractivity contribution in [3.8, 4) is 17.2 Å². The van der Waals surface area contributed by atoms with Crippen molar-refractivity contribution in [2.24, 2.45) is 0 Å². The predicted molar refractivity (Wildman–Crippen MR) is 127 cm³/mol. The number of carbonyl (C=O) groups is 1. The van der Waals surface area contributed by atoms with E-state index in [9.17, 15) is 4.79 Å². The van der Waals surface area contributed by atoms with Crippen LogP contribution >= 0.6 is 23.4 Å². The van der Waals surface area contributed by atoms with E-state index in [-0.39, 0.29) is 11.7 Å². The summed E-state index contributed by atoms with van der Waals surface area (Å²) in [5, 5.41) is 12.0. The Labute approximate surface area is 195 Å². The Kier molecular flexibility index (Phi) is 7.19. The first-order valence-corrected chi connectivity index (χ1v) is 11.5. The van der Waals surface area contributed by atoms with Crippen LogP contribution in [-0.4, -0.2) is 67.1 Å². The van der Waals surface area contributed by atoms with Gasteiger partial charge in [-0.2, -0.15) is 0 Å². The van der Waals surface area contributed by atoms with E-state index in [2.05, 4.69) is 32.4 Å². The zero-order chi connectivity index (χ0) is 22.5. The van der Waals surface area contributed by atoms with Crippen molar-refractivity contribution in [2.45, 2.75) is 5.22 Å². The van der Waals surface area contributed by atoms with Gasteiger partial charge in [-0.05, 0) is 31.3 Å². The number of methoxy groups -OCH3 is 1. The first-order valence-electron chi connectivity index (χ1n) is 10.2. The fourth-order valence-corrected chi connectivity index (χ4v) is 4.34. The first kappa shape index (κ1) is 22.4. The summed E-state index contributed by atoms with van der Waals surface area (Å²) in [5.41, 5.74) is 2.26. The summed E-state index contributed by atoms with van der Waals surface area (Å²) in [7, 11) is 3.68. The molecule has 1 aliphatic heterocycles. The lowest BCUT2D eigenvalue weighted by atomic mass is 10.2. The molecular weight excluding hydrogens is 450 g/mol. The smallest absolute Gasteiger partial charge is 0.277 e. The third kappa shape index (κ3) is 5.17. The Morgan fingerprint density at radius 2 is 1.94 bits per heavy atom. The van der Waals surface area contributed by atoms with Gasteiger partial charge in [0, 0.05) is 26.2 Å². The molecule has 1 aromatic heterocycles. The third-order valence-corrected chi connectivity index (χ3v) is 6.27. The number of halogens is 1. The zero-order valence-electron chi connectivity index (χ0n) is 17.9. The largest absolute Gasteiger partial charge is 0.496 e. The van der Waals surface area contributed by atoms with E-state index in [1.54, 1.807) is 7.11 Å². The van der Waals surface area contributed by atoms with Gasteiger partial charge in [0.05, 0.1) is 34.8 Å². The van der Waals surface area contributed by atoms with E-state index in [4.69, 9.17) is 20.8 Å². The minimum Gasteiger partial charge on any atom is -0.496 e. The molecule has 2 aromatic carbocycles. The van der Waals surface area contributed by atoms with E-state index in [1.807, 2.05) is 42.5 Å². The standard InChI is InChI=1S/C22H24ClN5O3S/c1-27-10-12-28(13-11-27)20-16(23)7-5-8-17(20)24-19(29)14-32-22-26-25-21(31-22)15-6-3-4-9-18(15)30-2/h3-9H,10-14H2,1-2H3,(H,24,29). The van der Waals surface area contributed by atoms with Crippen LogP contribution in [0, 0.1) is 0 Å². The lowest BCUT2D eigenvalue weighted by Gasteiger charge is -2.35. The van der Waals surface area contributed by atoms with Crippen LogP contribution in [0.25, 0.3) is 11.5 Å². The second-order valence-electron chi connectivity index (χ2n) is 7.34. The second-order valence-corrected chi connectivity index (χ2v) is 8.67. The minimum atomic E-state index is -0.176. The summed E-state index contributed by atoms with van der Waals surface area (Å²) in [4.78, 5) is 17.1. The van der Waals surface area contributed by atoms with Gasteiger partial charge in [-0.15, -0.1) is 10.2 Å². The Balaban J connectivity index is 1.40. The Bertz CT molecular complexity index is 1080. The fourth-order valence-electron chi connectivity index (χ4n) is 3.48. The highest BCUT2D eigenvalue weighted by Gasteiger charge is 2.21. The molecule has 0 bridgehead atoms. The molecule has 0 atom stereocenters. The van der Waals surface area contributed by atoms with E-state index < -0.39 is 0 Å². The van der Waals surface area contributed by atoms with Gasteiger partial charge in [-0.3, -0.25) is 4.79 Å². The Morgan fingerprint density at radius 3 is 2.72 bits per heavy atom. The van der Waals surface area contributed by atoms with Crippen LogP contribution in [-0.2, 0) is 4.79 Å². The van der Waals surface area contributed by atoms with Crippen LogP contribution in [0.3, 0.4) is 0 Å². The lowest BCUT2D eigenvalue weighted by Crippen LogP contribution is -2.44. The lowest BCUT2D eigenvalue weighted by molar-refractivity contribution is -0.113. The summed E-state index contributed by atoms with van der Waals surface area (Å²) in [6.07, 6.45) is 0. The minimum absolute atomic E-state index is 0.127. The number of likely N-dealkylation sites (N-methyl/N-ethyl adjacent to an activating group) is 1. The highest BCUT2D eigenvalue weighted by molar-refractivity contribution is 7.99. The van der Waals surface area contributed by atoms with Crippen molar-refractivity contribution in [2.75, 3.05) is 56.3 Å². The fraction of sp³-hybridized carbons (Fsp3) is 0.318. The average Bonchev–Trinajstić information content (AvgIpc) is 3.28. The van der Waals surface area contributed by atoms with Crippen molar-refractivity contribution in [3.63, 3.8) is 0 Å². The number of benzene rings is 2. The quantitative estimate of drug-likeness (QED) is 0.517. The molecule has 8 nitrogen and oxygen atoms in total. The molecule has 1 amide bonds. The summed E-state index contributed by atoms with van der Waals surface area (Å²) in [6.45, 7) is 3.59. The van der Waals surface area contributed by atoms with Gasteiger partial charge in [0.15, 0.2) is 0 Å². The summed E-state index contributed by atoms with van der Waals surface area (Å²) < 4.78 is 11.0. The highest BCUT2D eigenvalue weighted by Crippen LogP contribution is 2.35. The number of ether oxygens (including phenoxy) is 1. The molecule has 4 rings (SSSR count). The van der Waals surface area contributed by atoms with Gasteiger partial charge < -0.3 is 24.3 Å². The average molecular weight is 474 g/mol. The maximum absolute atomic E-state index is 12.6. The van der Waals surface area contributed by atoms with E-state index >= 15 is 0 Å². The van der Waals surface area contributed by atoms with Crippen molar-refractivity contribution >= 4 is 40.6 Å².